The lowest BCUT2D eigenvalue weighted by Crippen LogP contribution is -2.18. The van der Waals surface area contributed by atoms with Crippen molar-refractivity contribution in [1.29, 1.82) is 0 Å². The fraction of sp³-hybridized carbons (Fsp3) is 0.467. The number of hydrogen-bond acceptors (Lipinski definition) is 0. The monoisotopic (exact) mass is 232 g/mol. The summed E-state index contributed by atoms with van der Waals surface area (Å²) in [7, 11) is -0.390. The predicted octanol–water partition coefficient (Wildman–Crippen LogP) is 4.21. The molecule has 0 spiro atoms. The molecule has 1 atom stereocenters. The molecule has 0 heterocycles. The summed E-state index contributed by atoms with van der Waals surface area (Å²) in [4.78, 5) is 0. The van der Waals surface area contributed by atoms with E-state index in [1.54, 1.807) is 0 Å². The van der Waals surface area contributed by atoms with Gasteiger partial charge in [0.15, 0.2) is 0 Å². The Morgan fingerprint density at radius 2 is 1.62 bits per heavy atom. The Morgan fingerprint density at radius 1 is 1.06 bits per heavy atom. The summed E-state index contributed by atoms with van der Waals surface area (Å²) in [6.45, 7) is 11.1. The van der Waals surface area contributed by atoms with Gasteiger partial charge in [-0.3, -0.25) is 0 Å². The van der Waals surface area contributed by atoms with E-state index in [-0.39, 0.29) is 5.16 Å². The Kier molecular flexibility index (Phi) is 4.57. The van der Waals surface area contributed by atoms with Gasteiger partial charge in [-0.2, -0.15) is 0 Å². The Morgan fingerprint density at radius 3 is 2.06 bits per heavy atom. The van der Waals surface area contributed by atoms with Crippen molar-refractivity contribution in [3.05, 3.63) is 30.3 Å². The van der Waals surface area contributed by atoms with Crippen LogP contribution in [0.5, 0.6) is 0 Å². The molecular weight excluding hydrogens is 211 g/mol. The van der Waals surface area contributed by atoms with Gasteiger partial charge >= 0.3 is 0 Å². The molecule has 0 nitrogen and oxygen atoms in total. The first-order valence-corrected chi connectivity index (χ1v) is 7.12. The van der Waals surface area contributed by atoms with Crippen LogP contribution in [0, 0.1) is 17.5 Å². The van der Waals surface area contributed by atoms with E-state index in [9.17, 15) is 0 Å². The average Bonchev–Trinajstić information content (AvgIpc) is 2.17. The van der Waals surface area contributed by atoms with E-state index in [2.05, 4.69) is 76.5 Å². The third kappa shape index (κ3) is 3.99. The van der Waals surface area contributed by atoms with Crippen molar-refractivity contribution in [2.75, 3.05) is 0 Å². The zero-order chi connectivity index (χ0) is 12.2. The van der Waals surface area contributed by atoms with E-state index in [1.165, 1.54) is 5.30 Å². The smallest absolute Gasteiger partial charge is 0.0149 e. The molecule has 0 saturated carbocycles. The second kappa shape index (κ2) is 5.51. The van der Waals surface area contributed by atoms with E-state index in [0.29, 0.717) is 5.92 Å². The van der Waals surface area contributed by atoms with Crippen LogP contribution in [0.25, 0.3) is 0 Å². The van der Waals surface area contributed by atoms with E-state index in [1.807, 2.05) is 0 Å². The van der Waals surface area contributed by atoms with E-state index in [0.717, 1.165) is 0 Å². The van der Waals surface area contributed by atoms with Gasteiger partial charge in [0.05, 0.1) is 0 Å². The third-order valence-electron chi connectivity index (χ3n) is 2.15. The van der Waals surface area contributed by atoms with E-state index in [4.69, 9.17) is 0 Å². The summed E-state index contributed by atoms with van der Waals surface area (Å²) in [5.41, 5.74) is 3.49. The Hall–Kier alpha value is -0.790. The molecular formula is C15H21P. The molecule has 0 fully saturated rings. The van der Waals surface area contributed by atoms with Crippen LogP contribution in [0.2, 0.25) is 0 Å². The topological polar surface area (TPSA) is 0 Å². The highest BCUT2D eigenvalue weighted by atomic mass is 31.1. The fourth-order valence-electron chi connectivity index (χ4n) is 1.39. The number of benzene rings is 1. The molecule has 1 aromatic carbocycles. The van der Waals surface area contributed by atoms with Crippen molar-refractivity contribution >= 4 is 13.2 Å². The molecule has 1 aromatic rings. The molecule has 0 saturated heterocycles. The molecule has 0 aliphatic carbocycles. The highest BCUT2D eigenvalue weighted by Gasteiger charge is 2.23. The molecule has 0 amide bonds. The normalized spacial score (nSPS) is 13.1. The molecule has 1 rings (SSSR count). The minimum absolute atomic E-state index is 0.249. The quantitative estimate of drug-likeness (QED) is 0.502. The molecule has 0 bridgehead atoms. The lowest BCUT2D eigenvalue weighted by Gasteiger charge is -2.26. The lowest BCUT2D eigenvalue weighted by atomic mass is 10.2. The van der Waals surface area contributed by atoms with Gasteiger partial charge < -0.3 is 0 Å². The maximum Gasteiger partial charge on any atom is 0.0149 e. The molecule has 0 aliphatic heterocycles. The summed E-state index contributed by atoms with van der Waals surface area (Å²) in [5, 5.41) is 1.64. The summed E-state index contributed by atoms with van der Waals surface area (Å²) < 4.78 is 0. The van der Waals surface area contributed by atoms with Gasteiger partial charge in [0.1, 0.15) is 0 Å². The van der Waals surface area contributed by atoms with Crippen LogP contribution in [0.3, 0.4) is 0 Å². The molecule has 16 heavy (non-hydrogen) atoms. The van der Waals surface area contributed by atoms with Gasteiger partial charge in [-0.15, -0.1) is 0 Å². The van der Waals surface area contributed by atoms with Gasteiger partial charge in [-0.25, -0.2) is 0 Å². The van der Waals surface area contributed by atoms with Crippen LogP contribution >= 0.6 is 7.92 Å². The molecule has 1 heteroatoms. The van der Waals surface area contributed by atoms with Crippen molar-refractivity contribution in [2.45, 2.75) is 39.8 Å². The number of rotatable bonds is 1. The van der Waals surface area contributed by atoms with Crippen molar-refractivity contribution < 1.29 is 0 Å². The summed E-state index contributed by atoms with van der Waals surface area (Å²) in [6, 6.07) is 10.7. The second-order valence-electron chi connectivity index (χ2n) is 5.25. The largest absolute Gasteiger partial charge is 0.0955 e. The molecule has 0 aromatic heterocycles. The molecule has 0 aliphatic rings. The SMILES string of the molecule is CC(C)C#CP(c1ccccc1)C(C)(C)C. The van der Waals surface area contributed by atoms with Crippen LogP contribution in [0.1, 0.15) is 34.6 Å². The van der Waals surface area contributed by atoms with Gasteiger partial charge in [0, 0.05) is 13.8 Å². The van der Waals surface area contributed by atoms with E-state index < -0.39 is 7.92 Å². The fourth-order valence-corrected chi connectivity index (χ4v) is 3.49. The Labute approximate surface area is 101 Å². The predicted molar refractivity (Wildman–Crippen MR) is 75.4 cm³/mol. The summed E-state index contributed by atoms with van der Waals surface area (Å²) >= 11 is 0. The maximum atomic E-state index is 3.49. The van der Waals surface area contributed by atoms with Gasteiger partial charge in [0.25, 0.3) is 0 Å². The summed E-state index contributed by atoms with van der Waals surface area (Å²) in [6.07, 6.45) is 0. The average molecular weight is 232 g/mol. The van der Waals surface area contributed by atoms with Crippen LogP contribution in [0.4, 0.5) is 0 Å². The van der Waals surface area contributed by atoms with Gasteiger partial charge in [-0.1, -0.05) is 76.5 Å². The van der Waals surface area contributed by atoms with E-state index >= 15 is 0 Å². The van der Waals surface area contributed by atoms with Crippen molar-refractivity contribution in [2.24, 2.45) is 5.92 Å². The van der Waals surface area contributed by atoms with Gasteiger partial charge in [0.2, 0.25) is 0 Å². The van der Waals surface area contributed by atoms with Crippen LogP contribution < -0.4 is 5.30 Å². The number of hydrogen-bond donors (Lipinski definition) is 0. The zero-order valence-electron chi connectivity index (χ0n) is 10.9. The first-order chi connectivity index (χ1) is 7.41. The third-order valence-corrected chi connectivity index (χ3v) is 4.66. The minimum atomic E-state index is -0.390. The second-order valence-corrected chi connectivity index (χ2v) is 8.01. The molecule has 0 N–H and O–H groups in total. The molecule has 86 valence electrons. The van der Waals surface area contributed by atoms with Gasteiger partial charge in [-0.05, 0) is 10.5 Å². The highest BCUT2D eigenvalue weighted by Crippen LogP contribution is 2.47. The highest BCUT2D eigenvalue weighted by molar-refractivity contribution is 7.71. The van der Waals surface area contributed by atoms with Crippen LogP contribution in [-0.4, -0.2) is 5.16 Å². The summed E-state index contributed by atoms with van der Waals surface area (Å²) in [5.74, 6) is 3.78. The first-order valence-electron chi connectivity index (χ1n) is 5.77. The van der Waals surface area contributed by atoms with Crippen molar-refractivity contribution in [3.63, 3.8) is 0 Å². The lowest BCUT2D eigenvalue weighted by molar-refractivity contribution is 0.793. The maximum absolute atomic E-state index is 3.49. The zero-order valence-corrected chi connectivity index (χ0v) is 11.8. The standard InChI is InChI=1S/C15H21P/c1-13(2)11-12-16(15(3,4)5)14-9-7-6-8-10-14/h6-10,13H,1-5H3. The molecule has 1 unspecified atom stereocenters. The first kappa shape index (κ1) is 13.3. The van der Waals surface area contributed by atoms with Crippen molar-refractivity contribution in [1.82, 2.24) is 0 Å². The minimum Gasteiger partial charge on any atom is -0.0955 e. The van der Waals surface area contributed by atoms with Crippen molar-refractivity contribution in [3.8, 4) is 11.6 Å². The Balaban J connectivity index is 3.05. The van der Waals surface area contributed by atoms with Crippen LogP contribution in [0.15, 0.2) is 30.3 Å². The van der Waals surface area contributed by atoms with Crippen LogP contribution in [-0.2, 0) is 0 Å². The molecule has 0 radical (unpaired) electrons. The Bertz CT molecular complexity index is 373.